The Morgan fingerprint density at radius 1 is 0.970 bits per heavy atom. The summed E-state index contributed by atoms with van der Waals surface area (Å²) in [5.41, 5.74) is 3.28. The smallest absolute Gasteiger partial charge is 0.332 e. The molecule has 0 saturated carbocycles. The van der Waals surface area contributed by atoms with Crippen LogP contribution in [0.15, 0.2) is 89.1 Å². The highest BCUT2D eigenvalue weighted by Gasteiger charge is 2.19. The van der Waals surface area contributed by atoms with Gasteiger partial charge >= 0.3 is 6.03 Å². The fourth-order valence-electron chi connectivity index (χ4n) is 3.37. The normalized spacial score (nSPS) is 11.0. The van der Waals surface area contributed by atoms with Gasteiger partial charge in [0.2, 0.25) is 6.41 Å². The molecule has 4 aromatic rings. The number of hydrogen-bond acceptors (Lipinski definition) is 5. The van der Waals surface area contributed by atoms with Crippen molar-refractivity contribution in [2.75, 3.05) is 4.90 Å². The number of carbonyl (C=O) groups is 2. The van der Waals surface area contributed by atoms with E-state index in [1.54, 1.807) is 30.3 Å². The second-order valence-corrected chi connectivity index (χ2v) is 8.50. The van der Waals surface area contributed by atoms with Crippen LogP contribution in [0.25, 0.3) is 10.8 Å². The van der Waals surface area contributed by atoms with E-state index in [2.05, 4.69) is 38.1 Å². The van der Waals surface area contributed by atoms with Gasteiger partial charge in [0.25, 0.3) is 0 Å². The number of azo groups is 1. The molecule has 4 aromatic carbocycles. The molecule has 0 aliphatic rings. The average Bonchev–Trinajstić information content (AvgIpc) is 2.80. The molecule has 0 aromatic heterocycles. The highest BCUT2D eigenvalue weighted by molar-refractivity contribution is 14.1. The minimum absolute atomic E-state index is 0.000668. The highest BCUT2D eigenvalue weighted by Crippen LogP contribution is 2.38. The molecular weight excluding hydrogens is 531 g/mol. The molecule has 0 aliphatic carbocycles. The number of carbonyl (C=O) groups excluding carboxylic acids is 2. The number of hydrogen-bond donors (Lipinski definition) is 2. The fourth-order valence-corrected chi connectivity index (χ4v) is 3.89. The quantitative estimate of drug-likeness (QED) is 0.161. The van der Waals surface area contributed by atoms with Crippen molar-refractivity contribution in [2.24, 2.45) is 10.2 Å². The zero-order chi connectivity index (χ0) is 23.4. The van der Waals surface area contributed by atoms with Gasteiger partial charge in [0.1, 0.15) is 11.4 Å². The van der Waals surface area contributed by atoms with Crippen LogP contribution in [0.1, 0.15) is 5.56 Å². The van der Waals surface area contributed by atoms with Crippen LogP contribution >= 0.6 is 22.6 Å². The third-order valence-electron chi connectivity index (χ3n) is 4.96. The molecule has 0 radical (unpaired) electrons. The van der Waals surface area contributed by atoms with Crippen LogP contribution < -0.4 is 10.2 Å². The van der Waals surface area contributed by atoms with Gasteiger partial charge < -0.3 is 5.11 Å². The lowest BCUT2D eigenvalue weighted by atomic mass is 10.1. The molecule has 164 valence electrons. The van der Waals surface area contributed by atoms with Crippen molar-refractivity contribution in [3.8, 4) is 5.75 Å². The van der Waals surface area contributed by atoms with Crippen LogP contribution in [0.2, 0.25) is 0 Å². The first-order chi connectivity index (χ1) is 16.0. The molecule has 0 saturated heterocycles. The van der Waals surface area contributed by atoms with E-state index in [1.807, 2.05) is 49.4 Å². The Balaban J connectivity index is 1.78. The summed E-state index contributed by atoms with van der Waals surface area (Å²) >= 11 is 2.16. The Morgan fingerprint density at radius 3 is 2.45 bits per heavy atom. The Hall–Kier alpha value is -3.79. The number of rotatable bonds is 5. The summed E-state index contributed by atoms with van der Waals surface area (Å²) in [5.74, 6) is -0.000668. The predicted octanol–water partition coefficient (Wildman–Crippen LogP) is 6.88. The largest absolute Gasteiger partial charge is 0.506 e. The number of urea groups is 1. The summed E-state index contributed by atoms with van der Waals surface area (Å²) in [6.45, 7) is 1.99. The van der Waals surface area contributed by atoms with Gasteiger partial charge in [0.05, 0.1) is 17.1 Å². The Morgan fingerprint density at radius 2 is 1.73 bits per heavy atom. The molecule has 0 atom stereocenters. The van der Waals surface area contributed by atoms with E-state index in [1.165, 1.54) is 11.0 Å². The molecular formula is C25H19IN4O3. The topological polar surface area (TPSA) is 94.4 Å². The van der Waals surface area contributed by atoms with Crippen molar-refractivity contribution in [3.05, 3.63) is 88.0 Å². The predicted molar refractivity (Wildman–Crippen MR) is 137 cm³/mol. The van der Waals surface area contributed by atoms with E-state index < -0.39 is 6.03 Å². The van der Waals surface area contributed by atoms with Crippen molar-refractivity contribution in [2.45, 2.75) is 6.92 Å². The molecule has 2 N–H and O–H groups in total. The van der Waals surface area contributed by atoms with Crippen LogP contribution in [-0.2, 0) is 4.79 Å². The molecule has 3 amide bonds. The first-order valence-electron chi connectivity index (χ1n) is 10.0. The summed E-state index contributed by atoms with van der Waals surface area (Å²) in [5, 5.41) is 22.6. The van der Waals surface area contributed by atoms with E-state index in [0.29, 0.717) is 34.5 Å². The third-order valence-corrected chi connectivity index (χ3v) is 5.63. The second kappa shape index (κ2) is 9.78. The molecule has 33 heavy (non-hydrogen) atoms. The maximum atomic E-state index is 12.7. The number of nitrogens with one attached hydrogen (secondary N) is 1. The second-order valence-electron chi connectivity index (χ2n) is 7.26. The zero-order valence-corrected chi connectivity index (χ0v) is 19.7. The minimum atomic E-state index is -0.579. The van der Waals surface area contributed by atoms with Gasteiger partial charge in [-0.15, -0.1) is 5.11 Å². The van der Waals surface area contributed by atoms with E-state index in [-0.39, 0.29) is 5.75 Å². The van der Waals surface area contributed by atoms with E-state index >= 15 is 0 Å². The standard InChI is InChI=1S/C25H19IN4O3/c1-16-5-8-19(9-6-16)28-29-24-22-11-10-21(13-17(22)7-12-23(24)32)30(25(33)27-15-31)20-4-2-3-18(26)14-20/h2-15,32H,1H3,(H,27,31,33). The summed E-state index contributed by atoms with van der Waals surface area (Å²) in [7, 11) is 0. The average molecular weight is 550 g/mol. The molecule has 0 aliphatic heterocycles. The molecule has 0 unspecified atom stereocenters. The van der Waals surface area contributed by atoms with Gasteiger partial charge in [-0.05, 0) is 89.5 Å². The number of imide groups is 1. The summed E-state index contributed by atoms with van der Waals surface area (Å²) in [6, 6.07) is 22.9. The first kappa shape index (κ1) is 22.4. The molecule has 0 heterocycles. The van der Waals surface area contributed by atoms with Gasteiger partial charge in [-0.3, -0.25) is 15.0 Å². The third kappa shape index (κ3) is 5.01. The number of halogens is 1. The number of phenolic OH excluding ortho intramolecular Hbond substituents is 1. The first-order valence-corrected chi connectivity index (χ1v) is 11.1. The minimum Gasteiger partial charge on any atom is -0.506 e. The summed E-state index contributed by atoms with van der Waals surface area (Å²) in [4.78, 5) is 25.1. The fraction of sp³-hybridized carbons (Fsp3) is 0.0400. The lowest BCUT2D eigenvalue weighted by Crippen LogP contribution is -2.36. The lowest BCUT2D eigenvalue weighted by molar-refractivity contribution is -0.108. The molecule has 0 spiro atoms. The number of amides is 3. The molecule has 0 bridgehead atoms. The van der Waals surface area contributed by atoms with Gasteiger partial charge in [-0.1, -0.05) is 29.8 Å². The van der Waals surface area contributed by atoms with E-state index in [4.69, 9.17) is 0 Å². The van der Waals surface area contributed by atoms with Gasteiger partial charge in [0.15, 0.2) is 0 Å². The number of aromatic hydroxyl groups is 1. The number of phenols is 1. The monoisotopic (exact) mass is 550 g/mol. The molecule has 4 rings (SSSR count). The SMILES string of the molecule is Cc1ccc(N=Nc2c(O)ccc3cc(N(C(=O)NC=O)c4cccc(I)c4)ccc23)cc1. The van der Waals surface area contributed by atoms with Crippen molar-refractivity contribution < 1.29 is 14.7 Å². The Labute approximate surface area is 203 Å². The Bertz CT molecular complexity index is 1370. The zero-order valence-electron chi connectivity index (χ0n) is 17.6. The van der Waals surface area contributed by atoms with Crippen molar-refractivity contribution in [1.82, 2.24) is 5.32 Å². The number of nitrogens with zero attached hydrogens (tertiary/aromatic N) is 3. The molecule has 7 nitrogen and oxygen atoms in total. The highest BCUT2D eigenvalue weighted by atomic mass is 127. The van der Waals surface area contributed by atoms with E-state index in [0.717, 1.165) is 14.5 Å². The van der Waals surface area contributed by atoms with Crippen molar-refractivity contribution in [1.29, 1.82) is 0 Å². The van der Waals surface area contributed by atoms with Crippen LogP contribution in [0.4, 0.5) is 27.5 Å². The van der Waals surface area contributed by atoms with Crippen molar-refractivity contribution in [3.63, 3.8) is 0 Å². The number of aryl methyl sites for hydroxylation is 1. The lowest BCUT2D eigenvalue weighted by Gasteiger charge is -2.23. The van der Waals surface area contributed by atoms with Gasteiger partial charge in [0, 0.05) is 8.96 Å². The van der Waals surface area contributed by atoms with Gasteiger partial charge in [-0.2, -0.15) is 5.11 Å². The number of benzene rings is 4. The number of fused-ring (bicyclic) bond motifs is 1. The number of anilines is 2. The molecule has 8 heteroatoms. The Kier molecular flexibility index (Phi) is 6.64. The van der Waals surface area contributed by atoms with E-state index in [9.17, 15) is 14.7 Å². The van der Waals surface area contributed by atoms with Crippen LogP contribution in [0.5, 0.6) is 5.75 Å². The van der Waals surface area contributed by atoms with Crippen LogP contribution in [0.3, 0.4) is 0 Å². The van der Waals surface area contributed by atoms with Crippen LogP contribution in [0, 0.1) is 10.5 Å². The summed E-state index contributed by atoms with van der Waals surface area (Å²) in [6.07, 6.45) is 0.353. The molecule has 0 fully saturated rings. The maximum absolute atomic E-state index is 12.7. The van der Waals surface area contributed by atoms with Crippen molar-refractivity contribution >= 4 is 68.6 Å². The summed E-state index contributed by atoms with van der Waals surface area (Å²) < 4.78 is 0.943. The maximum Gasteiger partial charge on any atom is 0.332 e. The van der Waals surface area contributed by atoms with Gasteiger partial charge in [-0.25, -0.2) is 4.79 Å². The van der Waals surface area contributed by atoms with Crippen LogP contribution in [-0.4, -0.2) is 17.5 Å².